The first-order chi connectivity index (χ1) is 9.72. The Morgan fingerprint density at radius 1 is 1.35 bits per heavy atom. The molecule has 20 heavy (non-hydrogen) atoms. The molecule has 0 bridgehead atoms. The highest BCUT2D eigenvalue weighted by atomic mass is 19.1. The summed E-state index contributed by atoms with van der Waals surface area (Å²) in [5.41, 5.74) is 0.572. The first kappa shape index (κ1) is 14.8. The summed E-state index contributed by atoms with van der Waals surface area (Å²) < 4.78 is 13.8. The van der Waals surface area contributed by atoms with Crippen molar-refractivity contribution in [2.45, 2.75) is 13.3 Å². The van der Waals surface area contributed by atoms with Crippen LogP contribution in [0.15, 0.2) is 24.3 Å². The predicted molar refractivity (Wildman–Crippen MR) is 78.4 cm³/mol. The number of anilines is 1. The Kier molecular flexibility index (Phi) is 5.35. The first-order valence-corrected chi connectivity index (χ1v) is 7.20. The highest BCUT2D eigenvalue weighted by molar-refractivity contribution is 5.77. The van der Waals surface area contributed by atoms with Gasteiger partial charge in [0.05, 0.1) is 5.69 Å². The van der Waals surface area contributed by atoms with Gasteiger partial charge < -0.3 is 15.1 Å². The zero-order chi connectivity index (χ0) is 14.4. The fraction of sp³-hybridized carbons (Fsp3) is 0.533. The lowest BCUT2D eigenvalue weighted by atomic mass is 10.2. The summed E-state index contributed by atoms with van der Waals surface area (Å²) in [7, 11) is 0. The highest BCUT2D eigenvalue weighted by Gasteiger charge is 2.17. The second kappa shape index (κ2) is 7.24. The summed E-state index contributed by atoms with van der Waals surface area (Å²) in [6, 6.07) is 6.71. The number of halogens is 1. The number of amides is 1. The summed E-state index contributed by atoms with van der Waals surface area (Å²) in [6.45, 7) is 6.47. The van der Waals surface area contributed by atoms with Crippen molar-refractivity contribution < 1.29 is 9.18 Å². The van der Waals surface area contributed by atoms with Gasteiger partial charge >= 0.3 is 0 Å². The molecule has 0 aromatic heterocycles. The minimum Gasteiger partial charge on any atom is -0.369 e. The fourth-order valence-corrected chi connectivity index (χ4v) is 2.46. The molecule has 1 saturated heterocycles. The van der Waals surface area contributed by atoms with E-state index in [0.29, 0.717) is 25.2 Å². The van der Waals surface area contributed by atoms with Crippen molar-refractivity contribution in [3.63, 3.8) is 0 Å². The summed E-state index contributed by atoms with van der Waals surface area (Å²) in [5.74, 6) is -0.0785. The van der Waals surface area contributed by atoms with Crippen LogP contribution in [0.4, 0.5) is 10.1 Å². The highest BCUT2D eigenvalue weighted by Crippen LogP contribution is 2.18. The molecular formula is C15H22FN3O. The number of nitrogens with one attached hydrogen (secondary N) is 1. The minimum atomic E-state index is -0.232. The van der Waals surface area contributed by atoms with Crippen molar-refractivity contribution in [2.24, 2.45) is 0 Å². The van der Waals surface area contributed by atoms with Crippen LogP contribution in [0, 0.1) is 5.82 Å². The van der Waals surface area contributed by atoms with Gasteiger partial charge in [0.15, 0.2) is 0 Å². The Labute approximate surface area is 119 Å². The lowest BCUT2D eigenvalue weighted by Gasteiger charge is -2.29. The summed E-state index contributed by atoms with van der Waals surface area (Å²) in [4.78, 5) is 15.9. The molecule has 0 atom stereocenters. The number of nitrogens with zero attached hydrogens (tertiary/aromatic N) is 2. The standard InChI is InChI=1S/C15H22FN3O/c1-2-18(14-6-4-3-5-13(14)16)10-7-15(20)19-11-8-17-9-12-19/h3-6,17H,2,7-12H2,1H3. The molecule has 1 amide bonds. The van der Waals surface area contributed by atoms with Crippen LogP contribution in [-0.2, 0) is 4.79 Å². The Bertz CT molecular complexity index is 446. The van der Waals surface area contributed by atoms with Crippen LogP contribution in [0.5, 0.6) is 0 Å². The monoisotopic (exact) mass is 279 g/mol. The predicted octanol–water partition coefficient (Wildman–Crippen LogP) is 1.47. The van der Waals surface area contributed by atoms with E-state index in [4.69, 9.17) is 0 Å². The van der Waals surface area contributed by atoms with Gasteiger partial charge in [-0.2, -0.15) is 0 Å². The number of carbonyl (C=O) groups is 1. The van der Waals surface area contributed by atoms with E-state index in [-0.39, 0.29) is 11.7 Å². The molecule has 1 N–H and O–H groups in total. The molecule has 5 heteroatoms. The maximum Gasteiger partial charge on any atom is 0.224 e. The molecule has 0 radical (unpaired) electrons. The topological polar surface area (TPSA) is 35.6 Å². The van der Waals surface area contributed by atoms with Gasteiger partial charge in [-0.3, -0.25) is 4.79 Å². The molecule has 1 fully saturated rings. The largest absolute Gasteiger partial charge is 0.369 e. The smallest absolute Gasteiger partial charge is 0.224 e. The Morgan fingerprint density at radius 2 is 2.05 bits per heavy atom. The lowest BCUT2D eigenvalue weighted by Crippen LogP contribution is -2.47. The molecule has 1 aliphatic heterocycles. The Hall–Kier alpha value is -1.62. The second-order valence-corrected chi connectivity index (χ2v) is 4.91. The van der Waals surface area contributed by atoms with Gasteiger partial charge in [-0.15, -0.1) is 0 Å². The van der Waals surface area contributed by atoms with E-state index in [1.165, 1.54) is 6.07 Å². The summed E-state index contributed by atoms with van der Waals surface area (Å²) >= 11 is 0. The minimum absolute atomic E-state index is 0.154. The normalized spacial score (nSPS) is 15.2. The Balaban J connectivity index is 1.90. The molecule has 0 aliphatic carbocycles. The third kappa shape index (κ3) is 3.70. The number of hydrogen-bond donors (Lipinski definition) is 1. The van der Waals surface area contributed by atoms with Gasteiger partial charge in [0.2, 0.25) is 5.91 Å². The van der Waals surface area contributed by atoms with Gasteiger partial charge in [-0.25, -0.2) is 4.39 Å². The van der Waals surface area contributed by atoms with E-state index in [9.17, 15) is 9.18 Å². The maximum absolute atomic E-state index is 13.8. The van der Waals surface area contributed by atoms with E-state index in [0.717, 1.165) is 26.2 Å². The average molecular weight is 279 g/mol. The first-order valence-electron chi connectivity index (χ1n) is 7.20. The maximum atomic E-state index is 13.8. The molecular weight excluding hydrogens is 257 g/mol. The van der Waals surface area contributed by atoms with Crippen LogP contribution < -0.4 is 10.2 Å². The van der Waals surface area contributed by atoms with E-state index < -0.39 is 0 Å². The molecule has 0 spiro atoms. The van der Waals surface area contributed by atoms with E-state index in [1.54, 1.807) is 12.1 Å². The molecule has 1 heterocycles. The van der Waals surface area contributed by atoms with Gasteiger partial charge in [0, 0.05) is 45.7 Å². The number of piperazine rings is 1. The number of rotatable bonds is 5. The van der Waals surface area contributed by atoms with Crippen LogP contribution in [-0.4, -0.2) is 50.1 Å². The third-order valence-electron chi connectivity index (χ3n) is 3.64. The van der Waals surface area contributed by atoms with Gasteiger partial charge in [-0.05, 0) is 19.1 Å². The van der Waals surface area contributed by atoms with Crippen molar-refractivity contribution in [1.82, 2.24) is 10.2 Å². The summed E-state index contributed by atoms with van der Waals surface area (Å²) in [5, 5.41) is 3.23. The van der Waals surface area contributed by atoms with Gasteiger partial charge in [0.25, 0.3) is 0 Å². The van der Waals surface area contributed by atoms with Gasteiger partial charge in [-0.1, -0.05) is 12.1 Å². The zero-order valence-electron chi connectivity index (χ0n) is 11.9. The van der Waals surface area contributed by atoms with E-state index >= 15 is 0 Å². The molecule has 2 rings (SSSR count). The van der Waals surface area contributed by atoms with Crippen molar-refractivity contribution in [1.29, 1.82) is 0 Å². The van der Waals surface area contributed by atoms with Crippen LogP contribution in [0.2, 0.25) is 0 Å². The quantitative estimate of drug-likeness (QED) is 0.886. The molecule has 110 valence electrons. The van der Waals surface area contributed by atoms with Crippen molar-refractivity contribution in [3.8, 4) is 0 Å². The fourth-order valence-electron chi connectivity index (χ4n) is 2.46. The molecule has 0 unspecified atom stereocenters. The van der Waals surface area contributed by atoms with Crippen LogP contribution in [0.3, 0.4) is 0 Å². The van der Waals surface area contributed by atoms with Gasteiger partial charge in [0.1, 0.15) is 5.82 Å². The Morgan fingerprint density at radius 3 is 2.70 bits per heavy atom. The number of hydrogen-bond acceptors (Lipinski definition) is 3. The number of carbonyl (C=O) groups excluding carboxylic acids is 1. The van der Waals surface area contributed by atoms with E-state index in [2.05, 4.69) is 5.32 Å². The molecule has 0 saturated carbocycles. The zero-order valence-corrected chi connectivity index (χ0v) is 11.9. The lowest BCUT2D eigenvalue weighted by molar-refractivity contribution is -0.131. The third-order valence-corrected chi connectivity index (χ3v) is 3.64. The SMILES string of the molecule is CCN(CCC(=O)N1CCNCC1)c1ccccc1F. The van der Waals surface area contributed by atoms with E-state index in [1.807, 2.05) is 22.8 Å². The van der Waals surface area contributed by atoms with Crippen LogP contribution in [0.25, 0.3) is 0 Å². The van der Waals surface area contributed by atoms with Crippen molar-refractivity contribution >= 4 is 11.6 Å². The number of para-hydroxylation sites is 1. The second-order valence-electron chi connectivity index (χ2n) is 4.91. The number of benzene rings is 1. The molecule has 1 aromatic rings. The van der Waals surface area contributed by atoms with Crippen molar-refractivity contribution in [2.75, 3.05) is 44.2 Å². The van der Waals surface area contributed by atoms with Crippen LogP contribution >= 0.6 is 0 Å². The molecule has 4 nitrogen and oxygen atoms in total. The average Bonchev–Trinajstić information content (AvgIpc) is 2.50. The molecule has 1 aromatic carbocycles. The summed E-state index contributed by atoms with van der Waals surface area (Å²) in [6.07, 6.45) is 0.433. The van der Waals surface area contributed by atoms with Crippen molar-refractivity contribution in [3.05, 3.63) is 30.1 Å². The van der Waals surface area contributed by atoms with Crippen LogP contribution in [0.1, 0.15) is 13.3 Å². The molecule has 1 aliphatic rings.